The van der Waals surface area contributed by atoms with Crippen LogP contribution in [-0.4, -0.2) is 74.3 Å². The lowest BCUT2D eigenvalue weighted by molar-refractivity contribution is -0.285. The second-order valence-electron chi connectivity index (χ2n) is 10.9. The number of carboxylic acid groups (broad SMARTS) is 1. The molecule has 1 saturated heterocycles. The van der Waals surface area contributed by atoms with Gasteiger partial charge in [-0.2, -0.15) is 0 Å². The van der Waals surface area contributed by atoms with E-state index in [2.05, 4.69) is 4.99 Å². The van der Waals surface area contributed by atoms with Crippen LogP contribution in [0.15, 0.2) is 17.1 Å². The molecule has 6 atom stereocenters. The maximum atomic E-state index is 13.0. The summed E-state index contributed by atoms with van der Waals surface area (Å²) >= 11 is 0. The summed E-state index contributed by atoms with van der Waals surface area (Å²) in [7, 11) is 0. The number of fused-ring (bicyclic) bond motifs is 1. The minimum atomic E-state index is -2.06. The number of nitrogens with zero attached hydrogens (tertiary/aromatic N) is 1. The predicted molar refractivity (Wildman–Crippen MR) is 137 cm³/mol. The van der Waals surface area contributed by atoms with Crippen LogP contribution in [0.3, 0.4) is 0 Å². The van der Waals surface area contributed by atoms with Crippen molar-refractivity contribution in [1.82, 2.24) is 0 Å². The molecule has 1 saturated carbocycles. The third kappa shape index (κ3) is 6.93. The zero-order valence-corrected chi connectivity index (χ0v) is 21.9. The molecular formula is C28H43NO8. The molecule has 9 nitrogen and oxygen atoms in total. The monoisotopic (exact) mass is 521 g/mol. The Morgan fingerprint density at radius 1 is 1.14 bits per heavy atom. The van der Waals surface area contributed by atoms with Crippen LogP contribution in [-0.2, 0) is 19.1 Å². The fourth-order valence-electron chi connectivity index (χ4n) is 6.24. The summed E-state index contributed by atoms with van der Waals surface area (Å²) < 4.78 is 5.91. The first-order valence-electron chi connectivity index (χ1n) is 13.9. The lowest BCUT2D eigenvalue weighted by Crippen LogP contribution is -2.67. The zero-order valence-electron chi connectivity index (χ0n) is 21.9. The molecule has 2 fully saturated rings. The molecule has 0 radical (unpaired) electrons. The number of hydrogen-bond donors (Lipinski definition) is 4. The summed E-state index contributed by atoms with van der Waals surface area (Å²) in [6.45, 7) is 2.17. The highest BCUT2D eigenvalue weighted by Gasteiger charge is 2.67. The fraction of sp³-hybridized carbons (Fsp3) is 0.786. The maximum absolute atomic E-state index is 13.0. The number of aliphatic hydroxyl groups excluding tert-OH is 2. The number of carboxylic acids is 1. The van der Waals surface area contributed by atoms with Crippen molar-refractivity contribution >= 4 is 23.2 Å². The molecule has 2 bridgehead atoms. The van der Waals surface area contributed by atoms with E-state index in [1.54, 1.807) is 0 Å². The zero-order chi connectivity index (χ0) is 27.1. The lowest BCUT2D eigenvalue weighted by Gasteiger charge is -2.55. The molecule has 1 aliphatic carbocycles. The SMILES string of the molecule is CCC=CC[C@H]1[C@H](CC(=O)[C@H](O)CCCCCCCCCC(=O)O)O[C@@]2(O)CC13C(=NC[C@H]3O)CC2=O. The average Bonchev–Trinajstić information content (AvgIpc) is 3.14. The molecule has 4 N–H and O–H groups in total. The van der Waals surface area contributed by atoms with E-state index in [1.807, 2.05) is 19.1 Å². The van der Waals surface area contributed by atoms with Crippen molar-refractivity contribution in [3.8, 4) is 0 Å². The first-order chi connectivity index (χ1) is 17.6. The van der Waals surface area contributed by atoms with Gasteiger partial charge in [0, 0.05) is 36.3 Å². The normalized spacial score (nSPS) is 31.8. The van der Waals surface area contributed by atoms with Crippen LogP contribution in [0, 0.1) is 11.3 Å². The number of aliphatic carboxylic acids is 1. The van der Waals surface area contributed by atoms with Crippen molar-refractivity contribution in [3.63, 3.8) is 0 Å². The van der Waals surface area contributed by atoms with Gasteiger partial charge in [0.1, 0.15) is 6.10 Å². The van der Waals surface area contributed by atoms with Gasteiger partial charge in [-0.15, -0.1) is 0 Å². The first kappa shape index (κ1) is 29.6. The van der Waals surface area contributed by atoms with Crippen molar-refractivity contribution in [2.75, 3.05) is 6.54 Å². The summed E-state index contributed by atoms with van der Waals surface area (Å²) in [5.41, 5.74) is -0.326. The Morgan fingerprint density at radius 3 is 2.49 bits per heavy atom. The van der Waals surface area contributed by atoms with E-state index >= 15 is 0 Å². The molecule has 0 aromatic rings. The van der Waals surface area contributed by atoms with Crippen molar-refractivity contribution < 1.29 is 39.5 Å². The van der Waals surface area contributed by atoms with Gasteiger partial charge >= 0.3 is 5.97 Å². The largest absolute Gasteiger partial charge is 0.481 e. The molecule has 0 aromatic heterocycles. The molecule has 0 aromatic carbocycles. The Labute approximate surface area is 219 Å². The molecule has 3 aliphatic rings. The summed E-state index contributed by atoms with van der Waals surface area (Å²) in [5.74, 6) is -4.06. The molecule has 9 heteroatoms. The summed E-state index contributed by atoms with van der Waals surface area (Å²) in [4.78, 5) is 40.7. The number of carbonyl (C=O) groups is 3. The van der Waals surface area contributed by atoms with E-state index in [1.165, 1.54) is 0 Å². The summed E-state index contributed by atoms with van der Waals surface area (Å²) in [6.07, 6.45) is 8.82. The van der Waals surface area contributed by atoms with Gasteiger partial charge in [-0.1, -0.05) is 57.6 Å². The van der Waals surface area contributed by atoms with Crippen LogP contribution in [0.25, 0.3) is 0 Å². The molecule has 0 amide bonds. The third-order valence-corrected chi connectivity index (χ3v) is 8.27. The Kier molecular flexibility index (Phi) is 10.6. The van der Waals surface area contributed by atoms with E-state index < -0.39 is 41.3 Å². The first-order valence-corrected chi connectivity index (χ1v) is 13.9. The standard InChI is InChI=1S/C28H43NO8/c1-2-3-9-12-19-22(37-28(36)18-27(19)23(16-24(28)32)29-17-25(27)33)15-21(31)20(30)13-10-7-5-4-6-8-11-14-26(34)35/h3,9,19-20,22,25,30,33,36H,2,4-8,10-18H2,1H3,(H,34,35)/t19-,20+,22-,25+,27?,28-/m0/s1. The van der Waals surface area contributed by atoms with Crippen molar-refractivity contribution in [2.24, 2.45) is 16.3 Å². The number of ether oxygens (including phenoxy) is 1. The highest BCUT2D eigenvalue weighted by Crippen LogP contribution is 2.56. The van der Waals surface area contributed by atoms with Gasteiger partial charge < -0.3 is 25.2 Å². The number of ketones is 2. The number of Topliss-reactive ketones (excluding diaryl/α,β-unsaturated/α-hetero) is 2. The van der Waals surface area contributed by atoms with Gasteiger partial charge in [-0.25, -0.2) is 0 Å². The number of unbranched alkanes of at least 4 members (excludes halogenated alkanes) is 6. The minimum Gasteiger partial charge on any atom is -0.481 e. The highest BCUT2D eigenvalue weighted by atomic mass is 16.6. The van der Waals surface area contributed by atoms with E-state index in [0.717, 1.165) is 38.5 Å². The Bertz CT molecular complexity index is 885. The Balaban J connectivity index is 1.56. The van der Waals surface area contributed by atoms with E-state index in [4.69, 9.17) is 9.84 Å². The third-order valence-electron chi connectivity index (χ3n) is 8.27. The van der Waals surface area contributed by atoms with Gasteiger partial charge in [-0.05, 0) is 25.7 Å². The van der Waals surface area contributed by atoms with Gasteiger partial charge in [0.2, 0.25) is 5.79 Å². The number of hydrogen-bond acceptors (Lipinski definition) is 8. The molecule has 37 heavy (non-hydrogen) atoms. The summed E-state index contributed by atoms with van der Waals surface area (Å²) in [5, 5.41) is 41.3. The van der Waals surface area contributed by atoms with Crippen LogP contribution in [0.1, 0.15) is 96.8 Å². The Hall–Kier alpha value is -1.94. The van der Waals surface area contributed by atoms with Crippen LogP contribution in [0.5, 0.6) is 0 Å². The minimum absolute atomic E-state index is 0.0625. The number of allylic oxidation sites excluding steroid dienone is 2. The van der Waals surface area contributed by atoms with Gasteiger partial charge in [-0.3, -0.25) is 19.4 Å². The van der Waals surface area contributed by atoms with E-state index in [-0.39, 0.29) is 43.9 Å². The quantitative estimate of drug-likeness (QED) is 0.178. The van der Waals surface area contributed by atoms with E-state index in [9.17, 15) is 29.7 Å². The highest BCUT2D eigenvalue weighted by molar-refractivity contribution is 6.11. The molecule has 2 heterocycles. The van der Waals surface area contributed by atoms with E-state index in [0.29, 0.717) is 31.4 Å². The number of aliphatic imine (C=N–C) groups is 1. The van der Waals surface area contributed by atoms with Gasteiger partial charge in [0.25, 0.3) is 0 Å². The van der Waals surface area contributed by atoms with Crippen molar-refractivity contribution in [2.45, 2.75) is 121 Å². The van der Waals surface area contributed by atoms with Crippen LogP contribution in [0.4, 0.5) is 0 Å². The lowest BCUT2D eigenvalue weighted by atomic mass is 9.56. The topological polar surface area (TPSA) is 154 Å². The molecule has 3 rings (SSSR count). The fourth-order valence-corrected chi connectivity index (χ4v) is 6.24. The van der Waals surface area contributed by atoms with Crippen LogP contribution in [0.2, 0.25) is 0 Å². The molecule has 1 unspecified atom stereocenters. The molecular weight excluding hydrogens is 478 g/mol. The number of rotatable bonds is 16. The maximum Gasteiger partial charge on any atom is 0.303 e. The Morgan fingerprint density at radius 2 is 1.81 bits per heavy atom. The van der Waals surface area contributed by atoms with Gasteiger partial charge in [0.05, 0.1) is 25.2 Å². The van der Waals surface area contributed by atoms with Crippen molar-refractivity contribution in [3.05, 3.63) is 12.2 Å². The van der Waals surface area contributed by atoms with Crippen LogP contribution >= 0.6 is 0 Å². The molecule has 2 aliphatic heterocycles. The second-order valence-corrected chi connectivity index (χ2v) is 10.9. The average molecular weight is 522 g/mol. The smallest absolute Gasteiger partial charge is 0.303 e. The summed E-state index contributed by atoms with van der Waals surface area (Å²) in [6, 6.07) is 0. The predicted octanol–water partition coefficient (Wildman–Crippen LogP) is 3.13. The van der Waals surface area contributed by atoms with Crippen LogP contribution < -0.4 is 0 Å². The number of aliphatic hydroxyl groups is 3. The molecule has 1 spiro atoms. The number of carbonyl (C=O) groups excluding carboxylic acids is 2. The van der Waals surface area contributed by atoms with Gasteiger partial charge in [0.15, 0.2) is 11.6 Å². The molecule has 208 valence electrons. The van der Waals surface area contributed by atoms with Crippen molar-refractivity contribution in [1.29, 1.82) is 0 Å². The second kappa shape index (κ2) is 13.2.